The summed E-state index contributed by atoms with van der Waals surface area (Å²) in [6.45, 7) is 0. The SMILES string of the molecule is COC(=O)C(=O)OC(N)CC(Oc1ccccc1OC)c1ccccc1. The molecule has 0 heterocycles. The number of para-hydroxylation sites is 2. The highest BCUT2D eigenvalue weighted by Gasteiger charge is 2.24. The third-order valence-corrected chi connectivity index (χ3v) is 3.57. The second-order valence-corrected chi connectivity index (χ2v) is 5.34. The van der Waals surface area contributed by atoms with Gasteiger partial charge in [0.1, 0.15) is 6.10 Å². The molecule has 0 radical (unpaired) electrons. The normalized spacial score (nSPS) is 12.6. The Hall–Kier alpha value is -3.06. The van der Waals surface area contributed by atoms with Crippen molar-refractivity contribution < 1.29 is 28.5 Å². The number of benzene rings is 2. The van der Waals surface area contributed by atoms with Crippen LogP contribution in [0.2, 0.25) is 0 Å². The smallest absolute Gasteiger partial charge is 0.419 e. The van der Waals surface area contributed by atoms with E-state index in [1.54, 1.807) is 19.2 Å². The number of hydrogen-bond acceptors (Lipinski definition) is 7. The third kappa shape index (κ3) is 5.22. The van der Waals surface area contributed by atoms with Crippen LogP contribution in [0.25, 0.3) is 0 Å². The van der Waals surface area contributed by atoms with Gasteiger partial charge in [-0.3, -0.25) is 5.73 Å². The molecule has 0 spiro atoms. The summed E-state index contributed by atoms with van der Waals surface area (Å²) < 4.78 is 20.6. The average molecular weight is 359 g/mol. The van der Waals surface area contributed by atoms with E-state index in [1.807, 2.05) is 42.5 Å². The Morgan fingerprint density at radius 1 is 0.923 bits per heavy atom. The Bertz CT molecular complexity index is 734. The van der Waals surface area contributed by atoms with Crippen molar-refractivity contribution in [3.8, 4) is 11.5 Å². The quantitative estimate of drug-likeness (QED) is 0.460. The molecule has 0 saturated heterocycles. The van der Waals surface area contributed by atoms with Crippen LogP contribution in [0, 0.1) is 0 Å². The van der Waals surface area contributed by atoms with Gasteiger partial charge in [-0.15, -0.1) is 0 Å². The number of hydrogen-bond donors (Lipinski definition) is 1. The van der Waals surface area contributed by atoms with Gasteiger partial charge < -0.3 is 18.9 Å². The molecule has 7 nitrogen and oxygen atoms in total. The first kappa shape index (κ1) is 19.3. The van der Waals surface area contributed by atoms with Gasteiger partial charge in [-0.05, 0) is 17.7 Å². The zero-order valence-electron chi connectivity index (χ0n) is 14.6. The van der Waals surface area contributed by atoms with Crippen LogP contribution in [0.1, 0.15) is 18.1 Å². The van der Waals surface area contributed by atoms with Gasteiger partial charge in [0.15, 0.2) is 17.7 Å². The van der Waals surface area contributed by atoms with Crippen molar-refractivity contribution in [2.24, 2.45) is 5.73 Å². The summed E-state index contributed by atoms with van der Waals surface area (Å²) in [6.07, 6.45) is -1.44. The Balaban J connectivity index is 2.17. The van der Waals surface area contributed by atoms with E-state index >= 15 is 0 Å². The molecule has 0 saturated carbocycles. The van der Waals surface area contributed by atoms with Crippen LogP contribution in [0.15, 0.2) is 54.6 Å². The van der Waals surface area contributed by atoms with Crippen LogP contribution in [0.3, 0.4) is 0 Å². The van der Waals surface area contributed by atoms with Crippen molar-refractivity contribution in [1.29, 1.82) is 0 Å². The van der Waals surface area contributed by atoms with Crippen LogP contribution < -0.4 is 15.2 Å². The predicted octanol–water partition coefficient (Wildman–Crippen LogP) is 2.21. The molecular weight excluding hydrogens is 338 g/mol. The number of esters is 2. The third-order valence-electron chi connectivity index (χ3n) is 3.57. The average Bonchev–Trinajstić information content (AvgIpc) is 2.67. The van der Waals surface area contributed by atoms with E-state index in [2.05, 4.69) is 4.74 Å². The number of ether oxygens (including phenoxy) is 4. The molecule has 0 bridgehead atoms. The Morgan fingerprint density at radius 3 is 2.15 bits per heavy atom. The molecule has 2 aromatic carbocycles. The van der Waals surface area contributed by atoms with Crippen molar-refractivity contribution in [3.05, 3.63) is 60.2 Å². The van der Waals surface area contributed by atoms with E-state index in [0.29, 0.717) is 11.5 Å². The number of carbonyl (C=O) groups is 2. The van der Waals surface area contributed by atoms with Crippen LogP contribution in [0.4, 0.5) is 0 Å². The molecule has 26 heavy (non-hydrogen) atoms. The van der Waals surface area contributed by atoms with Crippen molar-refractivity contribution in [2.45, 2.75) is 18.8 Å². The minimum Gasteiger partial charge on any atom is -0.493 e. The summed E-state index contributed by atoms with van der Waals surface area (Å²) in [4.78, 5) is 22.7. The monoisotopic (exact) mass is 359 g/mol. The number of methoxy groups -OCH3 is 2. The number of rotatable bonds is 7. The molecule has 2 unspecified atom stereocenters. The topological polar surface area (TPSA) is 97.1 Å². The largest absolute Gasteiger partial charge is 0.493 e. The lowest BCUT2D eigenvalue weighted by molar-refractivity contribution is -0.169. The molecule has 2 atom stereocenters. The lowest BCUT2D eigenvalue weighted by Gasteiger charge is -2.23. The zero-order chi connectivity index (χ0) is 18.9. The van der Waals surface area contributed by atoms with Gasteiger partial charge in [-0.25, -0.2) is 9.59 Å². The van der Waals surface area contributed by atoms with E-state index in [4.69, 9.17) is 19.9 Å². The van der Waals surface area contributed by atoms with Crippen LogP contribution in [0.5, 0.6) is 11.5 Å². The summed E-state index contributed by atoms with van der Waals surface area (Å²) in [6, 6.07) is 16.5. The Labute approximate surface area is 151 Å². The van der Waals surface area contributed by atoms with Gasteiger partial charge in [0.2, 0.25) is 0 Å². The number of carbonyl (C=O) groups excluding carboxylic acids is 2. The highest BCUT2D eigenvalue weighted by atomic mass is 16.6. The predicted molar refractivity (Wildman–Crippen MR) is 93.5 cm³/mol. The maximum absolute atomic E-state index is 11.5. The fraction of sp³-hybridized carbons (Fsp3) is 0.263. The Morgan fingerprint density at radius 2 is 1.54 bits per heavy atom. The lowest BCUT2D eigenvalue weighted by atomic mass is 10.1. The van der Waals surface area contributed by atoms with E-state index in [1.165, 1.54) is 0 Å². The van der Waals surface area contributed by atoms with Crippen molar-refractivity contribution >= 4 is 11.9 Å². The summed E-state index contributed by atoms with van der Waals surface area (Å²) in [5.74, 6) is -1.17. The maximum Gasteiger partial charge on any atom is 0.419 e. The molecule has 0 aliphatic carbocycles. The van der Waals surface area contributed by atoms with E-state index < -0.39 is 24.3 Å². The summed E-state index contributed by atoms with van der Waals surface area (Å²) in [7, 11) is 2.64. The summed E-state index contributed by atoms with van der Waals surface area (Å²) in [5, 5.41) is 0. The molecule has 2 N–H and O–H groups in total. The van der Waals surface area contributed by atoms with Gasteiger partial charge in [0.05, 0.1) is 14.2 Å². The molecule has 0 amide bonds. The van der Waals surface area contributed by atoms with Crippen LogP contribution >= 0.6 is 0 Å². The first-order valence-electron chi connectivity index (χ1n) is 7.94. The Kier molecular flexibility index (Phi) is 6.99. The minimum atomic E-state index is -1.15. The van der Waals surface area contributed by atoms with Gasteiger partial charge in [0, 0.05) is 6.42 Å². The second-order valence-electron chi connectivity index (χ2n) is 5.34. The van der Waals surface area contributed by atoms with Crippen molar-refractivity contribution in [3.63, 3.8) is 0 Å². The molecular formula is C19H21NO6. The molecule has 0 aromatic heterocycles. The van der Waals surface area contributed by atoms with E-state index in [9.17, 15) is 9.59 Å². The first-order chi connectivity index (χ1) is 12.5. The molecule has 2 rings (SSSR count). The molecule has 0 aliphatic rings. The lowest BCUT2D eigenvalue weighted by Crippen LogP contribution is -2.33. The zero-order valence-corrected chi connectivity index (χ0v) is 14.6. The van der Waals surface area contributed by atoms with Crippen molar-refractivity contribution in [1.82, 2.24) is 0 Å². The summed E-state index contributed by atoms with van der Waals surface area (Å²) >= 11 is 0. The fourth-order valence-electron chi connectivity index (χ4n) is 2.32. The van der Waals surface area contributed by atoms with Gasteiger partial charge in [-0.1, -0.05) is 42.5 Å². The van der Waals surface area contributed by atoms with Gasteiger partial charge in [0.25, 0.3) is 0 Å². The minimum absolute atomic E-state index is 0.130. The molecule has 2 aromatic rings. The molecule has 7 heteroatoms. The highest BCUT2D eigenvalue weighted by Crippen LogP contribution is 2.32. The van der Waals surface area contributed by atoms with Crippen LogP contribution in [-0.2, 0) is 19.1 Å². The first-order valence-corrected chi connectivity index (χ1v) is 7.94. The highest BCUT2D eigenvalue weighted by molar-refractivity contribution is 6.29. The molecule has 0 aliphatic heterocycles. The van der Waals surface area contributed by atoms with E-state index in [-0.39, 0.29) is 6.42 Å². The fourth-order valence-corrected chi connectivity index (χ4v) is 2.32. The van der Waals surface area contributed by atoms with Crippen molar-refractivity contribution in [2.75, 3.05) is 14.2 Å². The molecule has 138 valence electrons. The summed E-state index contributed by atoms with van der Waals surface area (Å²) in [5.41, 5.74) is 6.70. The van der Waals surface area contributed by atoms with E-state index in [0.717, 1.165) is 12.7 Å². The van der Waals surface area contributed by atoms with Crippen LogP contribution in [-0.4, -0.2) is 32.4 Å². The molecule has 0 fully saturated rings. The maximum atomic E-state index is 11.5. The van der Waals surface area contributed by atoms with Gasteiger partial charge in [-0.2, -0.15) is 0 Å². The standard InChI is InChI=1S/C19H21NO6/c1-23-14-10-6-7-11-15(14)25-16(13-8-4-3-5-9-13)12-17(20)26-19(22)18(21)24-2/h3-11,16-17H,12,20H2,1-2H3. The second kappa shape index (κ2) is 9.43. The van der Waals surface area contributed by atoms with Gasteiger partial charge >= 0.3 is 11.9 Å². The number of nitrogens with two attached hydrogens (primary N) is 1.